The van der Waals surface area contributed by atoms with Crippen LogP contribution in [-0.4, -0.2) is 54.3 Å². The molecule has 0 aliphatic carbocycles. The average molecular weight is 234 g/mol. The maximum atomic E-state index is 11.5. The lowest BCUT2D eigenvalue weighted by Gasteiger charge is -2.23. The molecule has 0 saturated heterocycles. The van der Waals surface area contributed by atoms with E-state index >= 15 is 0 Å². The van der Waals surface area contributed by atoms with Crippen LogP contribution in [0.5, 0.6) is 0 Å². The van der Waals surface area contributed by atoms with Gasteiger partial charge in [-0.1, -0.05) is 0 Å². The van der Waals surface area contributed by atoms with Crippen LogP contribution in [0.2, 0.25) is 0 Å². The van der Waals surface area contributed by atoms with Gasteiger partial charge in [0.15, 0.2) is 0 Å². The Morgan fingerprint density at radius 2 is 2.20 bits per heavy atom. The molecule has 90 valence electrons. The Labute approximate surface area is 96.4 Å². The SMILES string of the molecule is CSCCCCNC(=O)N(C)C(C)CO. The van der Waals surface area contributed by atoms with E-state index in [1.54, 1.807) is 7.05 Å². The fourth-order valence-corrected chi connectivity index (χ4v) is 1.51. The van der Waals surface area contributed by atoms with Crippen molar-refractivity contribution in [3.8, 4) is 0 Å². The van der Waals surface area contributed by atoms with Gasteiger partial charge < -0.3 is 15.3 Å². The lowest BCUT2D eigenvalue weighted by atomic mass is 10.3. The summed E-state index contributed by atoms with van der Waals surface area (Å²) in [6, 6.07) is -0.239. The van der Waals surface area contributed by atoms with Gasteiger partial charge in [0.2, 0.25) is 0 Å². The van der Waals surface area contributed by atoms with Gasteiger partial charge >= 0.3 is 6.03 Å². The van der Waals surface area contributed by atoms with Crippen LogP contribution in [0.3, 0.4) is 0 Å². The number of aliphatic hydroxyl groups excluding tert-OH is 1. The van der Waals surface area contributed by atoms with E-state index in [0.717, 1.165) is 18.6 Å². The maximum absolute atomic E-state index is 11.5. The summed E-state index contributed by atoms with van der Waals surface area (Å²) in [5, 5.41) is 11.7. The number of carbonyl (C=O) groups is 1. The first-order valence-corrected chi connectivity index (χ1v) is 6.63. The van der Waals surface area contributed by atoms with E-state index < -0.39 is 0 Å². The predicted octanol–water partition coefficient (Wildman–Crippen LogP) is 1.15. The van der Waals surface area contributed by atoms with Crippen LogP contribution in [0.1, 0.15) is 19.8 Å². The second-order valence-electron chi connectivity index (χ2n) is 3.57. The molecule has 0 aliphatic rings. The summed E-state index contributed by atoms with van der Waals surface area (Å²) in [7, 11) is 1.69. The fourth-order valence-electron chi connectivity index (χ4n) is 1.01. The highest BCUT2D eigenvalue weighted by molar-refractivity contribution is 7.98. The molecular weight excluding hydrogens is 212 g/mol. The predicted molar refractivity (Wildman–Crippen MR) is 65.3 cm³/mol. The molecule has 2 N–H and O–H groups in total. The van der Waals surface area contributed by atoms with Gasteiger partial charge in [0.1, 0.15) is 0 Å². The Morgan fingerprint density at radius 1 is 1.53 bits per heavy atom. The molecule has 0 aromatic carbocycles. The van der Waals surface area contributed by atoms with Crippen molar-refractivity contribution in [3.05, 3.63) is 0 Å². The molecule has 5 heteroatoms. The number of urea groups is 1. The monoisotopic (exact) mass is 234 g/mol. The van der Waals surface area contributed by atoms with Crippen LogP contribution in [0.4, 0.5) is 4.79 Å². The van der Waals surface area contributed by atoms with Crippen LogP contribution in [0.15, 0.2) is 0 Å². The van der Waals surface area contributed by atoms with Gasteiger partial charge in [-0.25, -0.2) is 4.79 Å². The quantitative estimate of drug-likeness (QED) is 0.650. The molecule has 2 amide bonds. The summed E-state index contributed by atoms with van der Waals surface area (Å²) < 4.78 is 0. The van der Waals surface area contributed by atoms with E-state index in [9.17, 15) is 4.79 Å². The highest BCUT2D eigenvalue weighted by atomic mass is 32.2. The summed E-state index contributed by atoms with van der Waals surface area (Å²) in [6.07, 6.45) is 4.21. The third kappa shape index (κ3) is 6.62. The zero-order valence-electron chi connectivity index (χ0n) is 9.82. The molecule has 1 unspecified atom stereocenters. The number of amides is 2. The molecule has 0 spiro atoms. The molecule has 0 aliphatic heterocycles. The Kier molecular flexibility index (Phi) is 8.61. The molecule has 15 heavy (non-hydrogen) atoms. The smallest absolute Gasteiger partial charge is 0.317 e. The average Bonchev–Trinajstić information content (AvgIpc) is 2.26. The van der Waals surface area contributed by atoms with Crippen LogP contribution >= 0.6 is 11.8 Å². The van der Waals surface area contributed by atoms with E-state index in [0.29, 0.717) is 6.54 Å². The number of thioether (sulfide) groups is 1. The van der Waals surface area contributed by atoms with Crippen molar-refractivity contribution in [2.24, 2.45) is 0 Å². The topological polar surface area (TPSA) is 52.6 Å². The van der Waals surface area contributed by atoms with Crippen molar-refractivity contribution in [3.63, 3.8) is 0 Å². The van der Waals surface area contributed by atoms with E-state index in [-0.39, 0.29) is 18.7 Å². The Bertz CT molecular complexity index is 179. The van der Waals surface area contributed by atoms with Gasteiger partial charge in [0.25, 0.3) is 0 Å². The summed E-state index contributed by atoms with van der Waals surface area (Å²) in [5.41, 5.74) is 0. The van der Waals surface area contributed by atoms with E-state index in [4.69, 9.17) is 5.11 Å². The van der Waals surface area contributed by atoms with Crippen LogP contribution in [0, 0.1) is 0 Å². The molecule has 0 fully saturated rings. The highest BCUT2D eigenvalue weighted by Gasteiger charge is 2.13. The third-order valence-electron chi connectivity index (χ3n) is 2.30. The number of aliphatic hydroxyl groups is 1. The van der Waals surface area contributed by atoms with Crippen LogP contribution < -0.4 is 5.32 Å². The van der Waals surface area contributed by atoms with Crippen molar-refractivity contribution in [1.29, 1.82) is 0 Å². The van der Waals surface area contributed by atoms with Gasteiger partial charge in [0.05, 0.1) is 12.6 Å². The fraction of sp³-hybridized carbons (Fsp3) is 0.900. The first kappa shape index (κ1) is 14.6. The number of rotatable bonds is 7. The molecule has 4 nitrogen and oxygen atoms in total. The van der Waals surface area contributed by atoms with Gasteiger partial charge in [-0.15, -0.1) is 0 Å². The highest BCUT2D eigenvalue weighted by Crippen LogP contribution is 1.99. The van der Waals surface area contributed by atoms with Crippen molar-refractivity contribution >= 4 is 17.8 Å². The molecule has 0 bridgehead atoms. The molecule has 0 rings (SSSR count). The minimum Gasteiger partial charge on any atom is -0.394 e. The van der Waals surface area contributed by atoms with E-state index in [1.807, 2.05) is 18.7 Å². The number of hydrogen-bond donors (Lipinski definition) is 2. The number of unbranched alkanes of at least 4 members (excludes halogenated alkanes) is 1. The van der Waals surface area contributed by atoms with Crippen molar-refractivity contribution < 1.29 is 9.90 Å². The second-order valence-corrected chi connectivity index (χ2v) is 4.56. The summed E-state index contributed by atoms with van der Waals surface area (Å²) >= 11 is 1.82. The van der Waals surface area contributed by atoms with E-state index in [1.165, 1.54) is 4.90 Å². The van der Waals surface area contributed by atoms with Gasteiger partial charge in [-0.05, 0) is 31.8 Å². The molecule has 0 saturated carbocycles. The van der Waals surface area contributed by atoms with Gasteiger partial charge in [-0.2, -0.15) is 11.8 Å². The number of nitrogens with zero attached hydrogens (tertiary/aromatic N) is 1. The summed E-state index contributed by atoms with van der Waals surface area (Å²) in [5.74, 6) is 1.14. The second kappa shape index (κ2) is 8.85. The Hall–Kier alpha value is -0.420. The maximum Gasteiger partial charge on any atom is 0.317 e. The zero-order valence-corrected chi connectivity index (χ0v) is 10.6. The van der Waals surface area contributed by atoms with Crippen molar-refractivity contribution in [2.45, 2.75) is 25.8 Å². The lowest BCUT2D eigenvalue weighted by Crippen LogP contribution is -2.44. The number of carbonyl (C=O) groups excluding carboxylic acids is 1. The minimum absolute atomic E-state index is 0.00358. The standard InChI is InChI=1S/C10H22N2O2S/c1-9(8-13)12(2)10(14)11-6-4-5-7-15-3/h9,13H,4-8H2,1-3H3,(H,11,14). The molecular formula is C10H22N2O2S. The van der Waals surface area contributed by atoms with E-state index in [2.05, 4.69) is 11.6 Å². The molecule has 0 heterocycles. The first-order valence-electron chi connectivity index (χ1n) is 5.24. The zero-order chi connectivity index (χ0) is 11.7. The Balaban J connectivity index is 3.56. The van der Waals surface area contributed by atoms with Crippen LogP contribution in [-0.2, 0) is 0 Å². The molecule has 1 atom stereocenters. The minimum atomic E-state index is -0.129. The van der Waals surface area contributed by atoms with Gasteiger partial charge in [0, 0.05) is 13.6 Å². The largest absolute Gasteiger partial charge is 0.394 e. The molecule has 0 aromatic rings. The third-order valence-corrected chi connectivity index (χ3v) is 2.99. The number of likely N-dealkylation sites (N-methyl/N-ethyl adjacent to an activating group) is 1. The molecule has 0 aromatic heterocycles. The summed E-state index contributed by atoms with van der Waals surface area (Å²) in [6.45, 7) is 2.52. The van der Waals surface area contributed by atoms with Gasteiger partial charge in [-0.3, -0.25) is 0 Å². The summed E-state index contributed by atoms with van der Waals surface area (Å²) in [4.78, 5) is 13.0. The number of nitrogens with one attached hydrogen (secondary N) is 1. The van der Waals surface area contributed by atoms with Crippen LogP contribution in [0.25, 0.3) is 0 Å². The number of hydrogen-bond acceptors (Lipinski definition) is 3. The van der Waals surface area contributed by atoms with Crippen molar-refractivity contribution in [1.82, 2.24) is 10.2 Å². The molecule has 0 radical (unpaired) electrons. The van der Waals surface area contributed by atoms with Crippen molar-refractivity contribution in [2.75, 3.05) is 32.2 Å². The lowest BCUT2D eigenvalue weighted by molar-refractivity contribution is 0.157. The first-order chi connectivity index (χ1) is 7.13. The normalized spacial score (nSPS) is 12.3. The Morgan fingerprint density at radius 3 is 2.73 bits per heavy atom.